The Labute approximate surface area is 142 Å². The molecule has 0 spiro atoms. The van der Waals surface area contributed by atoms with Gasteiger partial charge in [-0.15, -0.1) is 0 Å². The van der Waals surface area contributed by atoms with Gasteiger partial charge in [0.1, 0.15) is 0 Å². The van der Waals surface area contributed by atoms with Gasteiger partial charge in [0.25, 0.3) is 0 Å². The van der Waals surface area contributed by atoms with Gasteiger partial charge in [0.15, 0.2) is 0 Å². The molecular weight excluding hydrogens is 300 g/mol. The topological polar surface area (TPSA) is 49.4 Å². The van der Waals surface area contributed by atoms with Gasteiger partial charge in [-0.1, -0.05) is 49.4 Å². The maximum Gasteiger partial charge on any atom is 0.227 e. The van der Waals surface area contributed by atoms with E-state index in [0.717, 1.165) is 17.7 Å². The second kappa shape index (κ2) is 7.30. The predicted molar refractivity (Wildman–Crippen MR) is 94.6 cm³/mol. The summed E-state index contributed by atoms with van der Waals surface area (Å²) in [6, 6.07) is 17.7. The van der Waals surface area contributed by atoms with Crippen LogP contribution in [0.25, 0.3) is 0 Å². The molecule has 24 heavy (non-hydrogen) atoms. The number of para-hydroxylation sites is 1. The number of rotatable bonds is 5. The van der Waals surface area contributed by atoms with Crippen LogP contribution in [0.1, 0.15) is 24.5 Å². The number of benzene rings is 2. The molecule has 4 heteroatoms. The summed E-state index contributed by atoms with van der Waals surface area (Å²) in [6.45, 7) is 3.06. The van der Waals surface area contributed by atoms with Crippen molar-refractivity contribution < 1.29 is 9.59 Å². The Hall–Kier alpha value is -2.62. The average molecular weight is 322 g/mol. The largest absolute Gasteiger partial charge is 0.352 e. The van der Waals surface area contributed by atoms with Crippen LogP contribution in [0, 0.1) is 5.92 Å². The van der Waals surface area contributed by atoms with E-state index in [1.165, 1.54) is 5.56 Å². The fourth-order valence-corrected chi connectivity index (χ4v) is 2.97. The van der Waals surface area contributed by atoms with E-state index in [2.05, 4.69) is 24.4 Å². The summed E-state index contributed by atoms with van der Waals surface area (Å²) in [4.78, 5) is 26.2. The maximum atomic E-state index is 12.4. The van der Waals surface area contributed by atoms with E-state index in [9.17, 15) is 9.59 Å². The Morgan fingerprint density at radius 3 is 2.42 bits per heavy atom. The first kappa shape index (κ1) is 16.2. The highest BCUT2D eigenvalue weighted by atomic mass is 16.2. The summed E-state index contributed by atoms with van der Waals surface area (Å²) >= 11 is 0. The lowest BCUT2D eigenvalue weighted by Crippen LogP contribution is -2.32. The molecule has 1 aliphatic rings. The molecule has 1 aliphatic heterocycles. The molecule has 1 heterocycles. The zero-order valence-electron chi connectivity index (χ0n) is 13.9. The number of nitrogens with one attached hydrogen (secondary N) is 1. The van der Waals surface area contributed by atoms with Gasteiger partial charge in [0.05, 0.1) is 5.92 Å². The van der Waals surface area contributed by atoms with E-state index in [0.29, 0.717) is 13.1 Å². The van der Waals surface area contributed by atoms with Gasteiger partial charge in [-0.05, 0) is 29.7 Å². The van der Waals surface area contributed by atoms with Gasteiger partial charge in [0.2, 0.25) is 11.8 Å². The molecule has 1 saturated heterocycles. The highest BCUT2D eigenvalue weighted by molar-refractivity contribution is 6.00. The second-order valence-corrected chi connectivity index (χ2v) is 6.13. The van der Waals surface area contributed by atoms with Crippen molar-refractivity contribution in [1.29, 1.82) is 0 Å². The number of nitrogens with zero attached hydrogens (tertiary/aromatic N) is 1. The van der Waals surface area contributed by atoms with Crippen LogP contribution in [0.3, 0.4) is 0 Å². The molecule has 0 aromatic heterocycles. The number of carbonyl (C=O) groups is 2. The molecule has 2 aromatic carbocycles. The van der Waals surface area contributed by atoms with Crippen molar-refractivity contribution in [3.05, 3.63) is 65.7 Å². The predicted octanol–water partition coefficient (Wildman–Crippen LogP) is 2.92. The molecule has 0 aliphatic carbocycles. The van der Waals surface area contributed by atoms with Crippen LogP contribution >= 0.6 is 0 Å². The minimum Gasteiger partial charge on any atom is -0.352 e. The number of hydrogen-bond acceptors (Lipinski definition) is 2. The van der Waals surface area contributed by atoms with Crippen molar-refractivity contribution in [2.45, 2.75) is 26.3 Å². The van der Waals surface area contributed by atoms with Gasteiger partial charge in [-0.2, -0.15) is 0 Å². The first-order valence-corrected chi connectivity index (χ1v) is 8.38. The van der Waals surface area contributed by atoms with Gasteiger partial charge >= 0.3 is 0 Å². The summed E-state index contributed by atoms with van der Waals surface area (Å²) in [5.41, 5.74) is 3.21. The van der Waals surface area contributed by atoms with Crippen LogP contribution < -0.4 is 10.2 Å². The molecule has 0 radical (unpaired) electrons. The van der Waals surface area contributed by atoms with Crippen LogP contribution in [0.5, 0.6) is 0 Å². The molecule has 3 rings (SSSR count). The van der Waals surface area contributed by atoms with E-state index >= 15 is 0 Å². The average Bonchev–Trinajstić information content (AvgIpc) is 3.02. The normalized spacial score (nSPS) is 17.1. The summed E-state index contributed by atoms with van der Waals surface area (Å²) in [6.07, 6.45) is 1.28. The molecule has 0 bridgehead atoms. The van der Waals surface area contributed by atoms with Crippen LogP contribution in [-0.4, -0.2) is 18.4 Å². The van der Waals surface area contributed by atoms with E-state index < -0.39 is 0 Å². The summed E-state index contributed by atoms with van der Waals surface area (Å²) in [5.74, 6) is -0.331. The molecule has 1 fully saturated rings. The van der Waals surface area contributed by atoms with Crippen molar-refractivity contribution in [2.75, 3.05) is 11.4 Å². The Kier molecular flexibility index (Phi) is 4.94. The van der Waals surface area contributed by atoms with Gasteiger partial charge < -0.3 is 10.2 Å². The van der Waals surface area contributed by atoms with Crippen molar-refractivity contribution in [3.8, 4) is 0 Å². The first-order chi connectivity index (χ1) is 11.7. The van der Waals surface area contributed by atoms with Crippen LogP contribution in [-0.2, 0) is 22.6 Å². The van der Waals surface area contributed by atoms with E-state index in [-0.39, 0.29) is 24.2 Å². The number of hydrogen-bond donors (Lipinski definition) is 1. The van der Waals surface area contributed by atoms with Crippen LogP contribution in [0.15, 0.2) is 54.6 Å². The van der Waals surface area contributed by atoms with Crippen LogP contribution in [0.2, 0.25) is 0 Å². The molecule has 1 N–H and O–H groups in total. The molecule has 124 valence electrons. The number of anilines is 1. The third-order valence-corrected chi connectivity index (χ3v) is 4.46. The lowest BCUT2D eigenvalue weighted by Gasteiger charge is -2.16. The number of amides is 2. The molecule has 4 nitrogen and oxygen atoms in total. The fraction of sp³-hybridized carbons (Fsp3) is 0.300. The van der Waals surface area contributed by atoms with Crippen molar-refractivity contribution in [1.82, 2.24) is 5.32 Å². The molecule has 0 unspecified atom stereocenters. The summed E-state index contributed by atoms with van der Waals surface area (Å²) in [5, 5.41) is 2.95. The Morgan fingerprint density at radius 2 is 1.75 bits per heavy atom. The van der Waals surface area contributed by atoms with Gasteiger partial charge in [-0.3, -0.25) is 9.59 Å². The Morgan fingerprint density at radius 1 is 1.08 bits per heavy atom. The zero-order chi connectivity index (χ0) is 16.9. The Bertz CT molecular complexity index is 710. The van der Waals surface area contributed by atoms with Crippen LogP contribution in [0.4, 0.5) is 5.69 Å². The SMILES string of the molecule is CCc1ccc(CNC(=O)[C@@H]2CC(=O)N(c3ccccc3)C2)cc1. The highest BCUT2D eigenvalue weighted by Gasteiger charge is 2.34. The Balaban J connectivity index is 1.57. The molecule has 0 saturated carbocycles. The van der Waals surface area contributed by atoms with Gasteiger partial charge in [0, 0.05) is 25.2 Å². The number of carbonyl (C=O) groups excluding carboxylic acids is 2. The fourth-order valence-electron chi connectivity index (χ4n) is 2.97. The van der Waals surface area contributed by atoms with E-state index in [4.69, 9.17) is 0 Å². The minimum atomic E-state index is -0.285. The molecule has 1 atom stereocenters. The molecule has 2 aromatic rings. The van der Waals surface area contributed by atoms with Gasteiger partial charge in [-0.25, -0.2) is 0 Å². The van der Waals surface area contributed by atoms with Crippen molar-refractivity contribution in [3.63, 3.8) is 0 Å². The van der Waals surface area contributed by atoms with Crippen molar-refractivity contribution >= 4 is 17.5 Å². The monoisotopic (exact) mass is 322 g/mol. The molecular formula is C20H22N2O2. The summed E-state index contributed by atoms with van der Waals surface area (Å²) in [7, 11) is 0. The first-order valence-electron chi connectivity index (χ1n) is 8.38. The zero-order valence-corrected chi connectivity index (χ0v) is 13.9. The maximum absolute atomic E-state index is 12.4. The summed E-state index contributed by atoms with van der Waals surface area (Å²) < 4.78 is 0. The highest BCUT2D eigenvalue weighted by Crippen LogP contribution is 2.24. The van der Waals surface area contributed by atoms with Crippen molar-refractivity contribution in [2.24, 2.45) is 5.92 Å². The molecule has 2 amide bonds. The standard InChI is InChI=1S/C20H22N2O2/c1-2-15-8-10-16(11-9-15)13-21-20(24)17-12-19(23)22(14-17)18-6-4-3-5-7-18/h3-11,17H,2,12-14H2,1H3,(H,21,24)/t17-/m1/s1. The second-order valence-electron chi connectivity index (χ2n) is 6.13. The lowest BCUT2D eigenvalue weighted by molar-refractivity contribution is -0.126. The van der Waals surface area contributed by atoms with E-state index in [1.54, 1.807) is 4.90 Å². The minimum absolute atomic E-state index is 0.00801. The lowest BCUT2D eigenvalue weighted by atomic mass is 10.1. The van der Waals surface area contributed by atoms with E-state index in [1.807, 2.05) is 42.5 Å². The quantitative estimate of drug-likeness (QED) is 0.920. The third-order valence-electron chi connectivity index (χ3n) is 4.46. The smallest absolute Gasteiger partial charge is 0.227 e. The number of aryl methyl sites for hydroxylation is 1. The third kappa shape index (κ3) is 3.65.